The van der Waals surface area contributed by atoms with Gasteiger partial charge >= 0.3 is 5.69 Å². The van der Waals surface area contributed by atoms with Crippen molar-refractivity contribution in [2.24, 2.45) is 14.1 Å². The van der Waals surface area contributed by atoms with Gasteiger partial charge in [-0.2, -0.15) is 0 Å². The first-order valence-corrected chi connectivity index (χ1v) is 10.9. The van der Waals surface area contributed by atoms with E-state index in [0.717, 1.165) is 10.1 Å². The predicted octanol–water partition coefficient (Wildman–Crippen LogP) is 2.29. The second-order valence-electron chi connectivity index (χ2n) is 8.50. The molecule has 0 radical (unpaired) electrons. The lowest BCUT2D eigenvalue weighted by atomic mass is 9.96. The Morgan fingerprint density at radius 1 is 1.10 bits per heavy atom. The molecule has 164 valence electrons. The highest BCUT2D eigenvalue weighted by Crippen LogP contribution is 2.27. The third-order valence-electron chi connectivity index (χ3n) is 4.95. The predicted molar refractivity (Wildman–Crippen MR) is 122 cm³/mol. The van der Waals surface area contributed by atoms with Crippen LogP contribution in [0, 0.1) is 0 Å². The summed E-state index contributed by atoms with van der Waals surface area (Å²) < 4.78 is 2.37. The van der Waals surface area contributed by atoms with Crippen molar-refractivity contribution in [1.29, 1.82) is 0 Å². The highest BCUT2D eigenvalue weighted by Gasteiger charge is 2.24. The van der Waals surface area contributed by atoms with E-state index >= 15 is 0 Å². The van der Waals surface area contributed by atoms with Crippen LogP contribution >= 0.6 is 11.8 Å². The van der Waals surface area contributed by atoms with Crippen molar-refractivity contribution in [2.75, 3.05) is 5.75 Å². The minimum absolute atomic E-state index is 0.0822. The average Bonchev–Trinajstić information content (AvgIpc) is 2.74. The van der Waals surface area contributed by atoms with Gasteiger partial charge in [0.1, 0.15) is 16.2 Å². The number of hydrogen-bond acceptors (Lipinski definition) is 6. The number of nitrogens with zero attached hydrogens (tertiary/aromatic N) is 4. The number of benzene rings is 1. The fourth-order valence-corrected chi connectivity index (χ4v) is 3.94. The van der Waals surface area contributed by atoms with E-state index in [1.165, 1.54) is 23.4 Å². The van der Waals surface area contributed by atoms with Gasteiger partial charge in [-0.3, -0.25) is 18.7 Å². The Balaban J connectivity index is 1.96. The van der Waals surface area contributed by atoms with Gasteiger partial charge < -0.3 is 5.32 Å². The first kappa shape index (κ1) is 22.7. The molecule has 0 saturated heterocycles. The average molecular weight is 442 g/mol. The monoisotopic (exact) mass is 441 g/mol. The van der Waals surface area contributed by atoms with Crippen LogP contribution in [0.5, 0.6) is 0 Å². The van der Waals surface area contributed by atoms with Crippen molar-refractivity contribution in [3.05, 3.63) is 62.6 Å². The molecule has 0 aliphatic rings. The largest absolute Gasteiger partial charge is 0.349 e. The molecule has 3 aromatic rings. The molecule has 1 atom stereocenters. The molecule has 2 heterocycles. The molecule has 1 N–H and O–H groups in total. The summed E-state index contributed by atoms with van der Waals surface area (Å²) in [5.74, 6) is 0.412. The van der Waals surface area contributed by atoms with E-state index in [2.05, 4.69) is 15.3 Å². The van der Waals surface area contributed by atoms with E-state index in [-0.39, 0.29) is 28.7 Å². The molecule has 0 aliphatic carbocycles. The molecule has 9 heteroatoms. The molecule has 0 aliphatic heterocycles. The summed E-state index contributed by atoms with van der Waals surface area (Å²) in [5, 5.41) is 3.60. The lowest BCUT2D eigenvalue weighted by molar-refractivity contribution is -0.119. The first-order valence-electron chi connectivity index (χ1n) is 9.96. The Labute approximate surface area is 184 Å². The molecule has 3 rings (SSSR count). The van der Waals surface area contributed by atoms with E-state index < -0.39 is 16.7 Å². The molecule has 2 aromatic heterocycles. The van der Waals surface area contributed by atoms with Crippen LogP contribution < -0.4 is 16.6 Å². The number of fused-ring (bicyclic) bond motifs is 1. The van der Waals surface area contributed by atoms with Gasteiger partial charge in [0.25, 0.3) is 5.56 Å². The quantitative estimate of drug-likeness (QED) is 0.482. The van der Waals surface area contributed by atoms with Gasteiger partial charge in [-0.15, -0.1) is 0 Å². The Hall–Kier alpha value is -2.94. The Kier molecular flexibility index (Phi) is 6.35. The van der Waals surface area contributed by atoms with Crippen molar-refractivity contribution >= 4 is 28.7 Å². The molecule has 0 saturated carbocycles. The number of rotatable bonds is 5. The number of amides is 1. The molecule has 8 nitrogen and oxygen atoms in total. The SMILES string of the molecule is CC(NC(=O)CSc1nc(C(C)(C)C)nc2c1c(=O)n(C)c(=O)n2C)c1ccccc1. The number of aromatic nitrogens is 4. The highest BCUT2D eigenvalue weighted by molar-refractivity contribution is 8.00. The van der Waals surface area contributed by atoms with E-state index in [9.17, 15) is 14.4 Å². The van der Waals surface area contributed by atoms with Crippen LogP contribution in [-0.2, 0) is 24.3 Å². The third kappa shape index (κ3) is 4.71. The number of carbonyl (C=O) groups excluding carboxylic acids is 1. The summed E-state index contributed by atoms with van der Waals surface area (Å²) in [7, 11) is 3.00. The maximum absolute atomic E-state index is 12.8. The summed E-state index contributed by atoms with van der Waals surface area (Å²) in [6.45, 7) is 7.78. The lowest BCUT2D eigenvalue weighted by Gasteiger charge is -2.19. The van der Waals surface area contributed by atoms with Crippen molar-refractivity contribution in [3.63, 3.8) is 0 Å². The molecule has 0 spiro atoms. The fraction of sp³-hybridized carbons (Fsp3) is 0.409. The van der Waals surface area contributed by atoms with Gasteiger partial charge in [0, 0.05) is 19.5 Å². The van der Waals surface area contributed by atoms with Gasteiger partial charge in [-0.25, -0.2) is 14.8 Å². The zero-order valence-electron chi connectivity index (χ0n) is 18.6. The van der Waals surface area contributed by atoms with E-state index in [4.69, 9.17) is 0 Å². The van der Waals surface area contributed by atoms with Crippen LogP contribution in [0.2, 0.25) is 0 Å². The first-order chi connectivity index (χ1) is 14.5. The van der Waals surface area contributed by atoms with Crippen LogP contribution in [-0.4, -0.2) is 30.8 Å². The molecular weight excluding hydrogens is 414 g/mol. The molecule has 31 heavy (non-hydrogen) atoms. The zero-order valence-corrected chi connectivity index (χ0v) is 19.4. The maximum Gasteiger partial charge on any atom is 0.332 e. The van der Waals surface area contributed by atoms with Crippen molar-refractivity contribution in [3.8, 4) is 0 Å². The minimum atomic E-state index is -0.473. The number of carbonyl (C=O) groups is 1. The summed E-state index contributed by atoms with van der Waals surface area (Å²) in [4.78, 5) is 46.9. The third-order valence-corrected chi connectivity index (χ3v) is 5.93. The van der Waals surface area contributed by atoms with Crippen LogP contribution in [0.1, 0.15) is 45.1 Å². The number of nitrogens with one attached hydrogen (secondary N) is 1. The second-order valence-corrected chi connectivity index (χ2v) is 9.46. The van der Waals surface area contributed by atoms with Crippen LogP contribution in [0.3, 0.4) is 0 Å². The minimum Gasteiger partial charge on any atom is -0.349 e. The smallest absolute Gasteiger partial charge is 0.332 e. The summed E-state index contributed by atoms with van der Waals surface area (Å²) in [6, 6.07) is 9.54. The second kappa shape index (κ2) is 8.66. The highest BCUT2D eigenvalue weighted by atomic mass is 32.2. The van der Waals surface area contributed by atoms with Crippen molar-refractivity contribution in [2.45, 2.75) is 44.2 Å². The maximum atomic E-state index is 12.8. The summed E-state index contributed by atoms with van der Waals surface area (Å²) >= 11 is 1.17. The van der Waals surface area contributed by atoms with Crippen LogP contribution in [0.25, 0.3) is 11.0 Å². The lowest BCUT2D eigenvalue weighted by Crippen LogP contribution is -2.38. The normalized spacial score (nSPS) is 12.7. The van der Waals surface area contributed by atoms with Gasteiger partial charge in [-0.05, 0) is 12.5 Å². The Morgan fingerprint density at radius 3 is 2.35 bits per heavy atom. The molecular formula is C22H27N5O3S. The van der Waals surface area contributed by atoms with Gasteiger partial charge in [0.05, 0.1) is 11.8 Å². The molecule has 1 amide bonds. The van der Waals surface area contributed by atoms with Crippen LogP contribution in [0.15, 0.2) is 44.9 Å². The Bertz CT molecular complexity index is 1240. The van der Waals surface area contributed by atoms with E-state index in [1.54, 1.807) is 7.05 Å². The van der Waals surface area contributed by atoms with Crippen molar-refractivity contribution < 1.29 is 4.79 Å². The van der Waals surface area contributed by atoms with Crippen LogP contribution in [0.4, 0.5) is 0 Å². The summed E-state index contributed by atoms with van der Waals surface area (Å²) in [6.07, 6.45) is 0. The zero-order chi connectivity index (χ0) is 22.9. The molecule has 0 bridgehead atoms. The topological polar surface area (TPSA) is 98.9 Å². The number of aryl methyl sites for hydroxylation is 1. The fourth-order valence-electron chi connectivity index (χ4n) is 3.11. The number of hydrogen-bond donors (Lipinski definition) is 1. The van der Waals surface area contributed by atoms with E-state index in [1.807, 2.05) is 58.0 Å². The van der Waals surface area contributed by atoms with E-state index in [0.29, 0.717) is 10.9 Å². The summed E-state index contributed by atoms with van der Waals surface area (Å²) in [5.41, 5.74) is -0.0496. The molecule has 1 aromatic carbocycles. The van der Waals surface area contributed by atoms with Gasteiger partial charge in [0.2, 0.25) is 5.91 Å². The number of thioether (sulfide) groups is 1. The van der Waals surface area contributed by atoms with Gasteiger partial charge in [-0.1, -0.05) is 62.9 Å². The standard InChI is InChI=1S/C22H27N5O3S/c1-13(14-10-8-7-9-11-14)23-15(28)12-31-18-16-17(24-20(25-18)22(2,3)4)26(5)21(30)27(6)19(16)29/h7-11,13H,12H2,1-6H3,(H,23,28). The van der Waals surface area contributed by atoms with Gasteiger partial charge in [0.15, 0.2) is 5.65 Å². The molecule has 1 unspecified atom stereocenters. The Morgan fingerprint density at radius 2 is 1.74 bits per heavy atom. The molecule has 0 fully saturated rings. The van der Waals surface area contributed by atoms with Crippen molar-refractivity contribution in [1.82, 2.24) is 24.4 Å².